The lowest BCUT2D eigenvalue weighted by Crippen LogP contribution is -2.48. The Morgan fingerprint density at radius 2 is 2.35 bits per heavy atom. The number of halogens is 1. The van der Waals surface area contributed by atoms with Crippen molar-refractivity contribution in [2.75, 3.05) is 19.6 Å². The van der Waals surface area contributed by atoms with Crippen molar-refractivity contribution in [2.45, 2.75) is 19.5 Å². The highest BCUT2D eigenvalue weighted by molar-refractivity contribution is 9.10. The molecule has 0 aromatic carbocycles. The zero-order valence-corrected chi connectivity index (χ0v) is 12.9. The van der Waals surface area contributed by atoms with Crippen molar-refractivity contribution in [3.05, 3.63) is 44.9 Å². The number of pyridine rings is 1. The Morgan fingerprint density at radius 1 is 1.50 bits per heavy atom. The van der Waals surface area contributed by atoms with Crippen molar-refractivity contribution in [1.82, 2.24) is 19.6 Å². The number of piperazine rings is 1. The third-order valence-electron chi connectivity index (χ3n) is 3.52. The van der Waals surface area contributed by atoms with Gasteiger partial charge in [-0.15, -0.1) is 0 Å². The molecule has 1 aliphatic heterocycles. The molecule has 3 heterocycles. The zero-order chi connectivity index (χ0) is 14.1. The Kier molecular flexibility index (Phi) is 3.87. The third-order valence-corrected chi connectivity index (χ3v) is 3.98. The number of hydrogen-bond acceptors (Lipinski definition) is 4. The number of nitrogens with one attached hydrogen (secondary N) is 1. The maximum atomic E-state index is 12.1. The van der Waals surface area contributed by atoms with Crippen molar-refractivity contribution in [2.24, 2.45) is 0 Å². The van der Waals surface area contributed by atoms with Crippen molar-refractivity contribution in [3.63, 3.8) is 0 Å². The van der Waals surface area contributed by atoms with Crippen LogP contribution in [0.15, 0.2) is 33.7 Å². The standard InChI is InChI=1S/C14H17BrN4O/c1-10-7-18(5-4-16-10)9-12-6-14(20)19-8-11(15)2-3-13(19)17-12/h2-3,6,8,10,16H,4-5,7,9H2,1H3/t10-/m0/s1. The average Bonchev–Trinajstić information content (AvgIpc) is 2.40. The van der Waals surface area contributed by atoms with Gasteiger partial charge in [0.25, 0.3) is 5.56 Å². The zero-order valence-electron chi connectivity index (χ0n) is 11.3. The maximum absolute atomic E-state index is 12.1. The lowest BCUT2D eigenvalue weighted by Gasteiger charge is -2.31. The van der Waals surface area contributed by atoms with Crippen LogP contribution in [0.3, 0.4) is 0 Å². The second kappa shape index (κ2) is 5.63. The van der Waals surface area contributed by atoms with Gasteiger partial charge in [-0.1, -0.05) is 0 Å². The van der Waals surface area contributed by atoms with E-state index in [0.29, 0.717) is 11.7 Å². The van der Waals surface area contributed by atoms with Crippen LogP contribution in [0.5, 0.6) is 0 Å². The summed E-state index contributed by atoms with van der Waals surface area (Å²) in [6.45, 7) is 5.87. The SMILES string of the molecule is C[C@H]1CN(Cc2cc(=O)n3cc(Br)ccc3n2)CCN1. The number of aromatic nitrogens is 2. The number of hydrogen-bond donors (Lipinski definition) is 1. The van der Waals surface area contributed by atoms with Gasteiger partial charge < -0.3 is 5.32 Å². The molecule has 0 amide bonds. The van der Waals surface area contributed by atoms with Crippen LogP contribution in [0.1, 0.15) is 12.6 Å². The molecule has 1 atom stereocenters. The third kappa shape index (κ3) is 2.92. The highest BCUT2D eigenvalue weighted by Gasteiger charge is 2.16. The van der Waals surface area contributed by atoms with Crippen molar-refractivity contribution >= 4 is 21.6 Å². The van der Waals surface area contributed by atoms with Crippen LogP contribution in [0, 0.1) is 0 Å². The minimum atomic E-state index is -0.0329. The summed E-state index contributed by atoms with van der Waals surface area (Å²) in [6, 6.07) is 5.88. The molecular weight excluding hydrogens is 320 g/mol. The lowest BCUT2D eigenvalue weighted by molar-refractivity contribution is 0.197. The molecule has 20 heavy (non-hydrogen) atoms. The molecule has 3 rings (SSSR count). The van der Waals surface area contributed by atoms with Crippen molar-refractivity contribution in [1.29, 1.82) is 0 Å². The van der Waals surface area contributed by atoms with Gasteiger partial charge >= 0.3 is 0 Å². The van der Waals surface area contributed by atoms with Gasteiger partial charge in [0.05, 0.1) is 5.69 Å². The maximum Gasteiger partial charge on any atom is 0.258 e. The van der Waals surface area contributed by atoms with Gasteiger partial charge in [-0.05, 0) is 35.0 Å². The summed E-state index contributed by atoms with van der Waals surface area (Å²) in [4.78, 5) is 19.0. The first-order chi connectivity index (χ1) is 9.61. The number of rotatable bonds is 2. The second-order valence-corrected chi connectivity index (χ2v) is 6.17. The van der Waals surface area contributed by atoms with Crippen LogP contribution in [0.25, 0.3) is 5.65 Å². The van der Waals surface area contributed by atoms with Crippen LogP contribution in [0.4, 0.5) is 0 Å². The Bertz CT molecular complexity index is 684. The molecule has 5 nitrogen and oxygen atoms in total. The molecule has 1 N–H and O–H groups in total. The molecule has 0 aliphatic carbocycles. The van der Waals surface area contributed by atoms with Crippen LogP contribution in [-0.2, 0) is 6.54 Å². The fourth-order valence-corrected chi connectivity index (χ4v) is 2.93. The summed E-state index contributed by atoms with van der Waals surface area (Å²) in [5.41, 5.74) is 1.50. The molecule has 0 bridgehead atoms. The van der Waals surface area contributed by atoms with Crippen LogP contribution < -0.4 is 10.9 Å². The molecule has 1 fully saturated rings. The van der Waals surface area contributed by atoms with Gasteiger partial charge in [0.1, 0.15) is 5.65 Å². The molecule has 0 saturated carbocycles. The van der Waals surface area contributed by atoms with E-state index in [0.717, 1.165) is 36.3 Å². The minimum Gasteiger partial charge on any atom is -0.312 e. The largest absolute Gasteiger partial charge is 0.312 e. The molecule has 0 unspecified atom stereocenters. The van der Waals surface area contributed by atoms with E-state index in [2.05, 4.69) is 38.1 Å². The van der Waals surface area contributed by atoms with Crippen LogP contribution in [0.2, 0.25) is 0 Å². The van der Waals surface area contributed by atoms with E-state index in [1.54, 1.807) is 16.7 Å². The van der Waals surface area contributed by atoms with Gasteiger partial charge in [0, 0.05) is 49.0 Å². The lowest BCUT2D eigenvalue weighted by atomic mass is 10.2. The summed E-state index contributed by atoms with van der Waals surface area (Å²) >= 11 is 3.37. The minimum absolute atomic E-state index is 0.0329. The van der Waals surface area contributed by atoms with Gasteiger partial charge in [0.15, 0.2) is 0 Å². The Hall–Kier alpha value is -1.24. The molecule has 6 heteroatoms. The highest BCUT2D eigenvalue weighted by atomic mass is 79.9. The molecule has 1 aliphatic rings. The monoisotopic (exact) mass is 336 g/mol. The second-order valence-electron chi connectivity index (χ2n) is 5.25. The number of nitrogens with zero attached hydrogens (tertiary/aromatic N) is 3. The Morgan fingerprint density at radius 3 is 3.15 bits per heavy atom. The topological polar surface area (TPSA) is 49.6 Å². The molecule has 0 radical (unpaired) electrons. The van der Waals surface area contributed by atoms with Gasteiger partial charge in [-0.2, -0.15) is 0 Å². The smallest absolute Gasteiger partial charge is 0.258 e. The molecule has 2 aromatic rings. The van der Waals surface area contributed by atoms with Gasteiger partial charge in [0.2, 0.25) is 0 Å². The van der Waals surface area contributed by atoms with E-state index in [4.69, 9.17) is 0 Å². The molecule has 2 aromatic heterocycles. The highest BCUT2D eigenvalue weighted by Crippen LogP contribution is 2.10. The first-order valence-electron chi connectivity index (χ1n) is 6.75. The van der Waals surface area contributed by atoms with E-state index in [1.807, 2.05) is 12.1 Å². The van der Waals surface area contributed by atoms with E-state index in [-0.39, 0.29) is 5.56 Å². The van der Waals surface area contributed by atoms with E-state index in [1.165, 1.54) is 0 Å². The Balaban J connectivity index is 1.89. The molecule has 1 saturated heterocycles. The summed E-state index contributed by atoms with van der Waals surface area (Å²) in [6.07, 6.45) is 1.75. The summed E-state index contributed by atoms with van der Waals surface area (Å²) in [5.74, 6) is 0. The van der Waals surface area contributed by atoms with Crippen molar-refractivity contribution in [3.8, 4) is 0 Å². The number of fused-ring (bicyclic) bond motifs is 1. The summed E-state index contributed by atoms with van der Waals surface area (Å²) in [7, 11) is 0. The summed E-state index contributed by atoms with van der Waals surface area (Å²) < 4.78 is 2.44. The molecule has 0 spiro atoms. The fraction of sp³-hybridized carbons (Fsp3) is 0.429. The molecule has 106 valence electrons. The van der Waals surface area contributed by atoms with Crippen molar-refractivity contribution < 1.29 is 0 Å². The van der Waals surface area contributed by atoms with E-state index >= 15 is 0 Å². The Labute approximate surface area is 125 Å². The van der Waals surface area contributed by atoms with Crippen LogP contribution >= 0.6 is 15.9 Å². The first kappa shape index (κ1) is 13.7. The van der Waals surface area contributed by atoms with Gasteiger partial charge in [-0.25, -0.2) is 4.98 Å². The predicted octanol–water partition coefficient (Wildman–Crippen LogP) is 1.25. The predicted molar refractivity (Wildman–Crippen MR) is 81.9 cm³/mol. The van der Waals surface area contributed by atoms with Gasteiger partial charge in [-0.3, -0.25) is 14.1 Å². The fourth-order valence-electron chi connectivity index (χ4n) is 2.59. The normalized spacial score (nSPS) is 20.4. The van der Waals surface area contributed by atoms with E-state index in [9.17, 15) is 4.79 Å². The van der Waals surface area contributed by atoms with E-state index < -0.39 is 0 Å². The summed E-state index contributed by atoms with van der Waals surface area (Å²) in [5, 5.41) is 3.41. The molecular formula is C14H17BrN4O. The quantitative estimate of drug-likeness (QED) is 0.896. The average molecular weight is 337 g/mol. The first-order valence-corrected chi connectivity index (χ1v) is 7.55. The van der Waals surface area contributed by atoms with Crippen LogP contribution in [-0.4, -0.2) is 40.0 Å².